The molecule has 0 aromatic rings. The molecule has 4 heteroatoms. The molecule has 0 aromatic carbocycles. The van der Waals surface area contributed by atoms with E-state index in [1.165, 1.54) is 12.8 Å². The van der Waals surface area contributed by atoms with Crippen molar-refractivity contribution in [2.75, 3.05) is 39.8 Å². The number of nitrogens with one attached hydrogen (secondary N) is 1. The lowest BCUT2D eigenvalue weighted by atomic mass is 10.0. The summed E-state index contributed by atoms with van der Waals surface area (Å²) >= 11 is 0. The van der Waals surface area contributed by atoms with Crippen LogP contribution in [-0.4, -0.2) is 61.5 Å². The Labute approximate surface area is 118 Å². The van der Waals surface area contributed by atoms with E-state index in [0.717, 1.165) is 38.5 Å². The van der Waals surface area contributed by atoms with Crippen molar-refractivity contribution < 1.29 is 4.79 Å². The Hall–Kier alpha value is -0.610. The predicted molar refractivity (Wildman–Crippen MR) is 80.2 cm³/mol. The molecule has 0 aromatic heterocycles. The standard InChI is InChI=1S/C15H31N3O/c1-13(2)6-5-7-14(3)16-12-15(19)18-10-8-17(4)9-11-18/h13-14,16H,5-12H2,1-4H3. The van der Waals surface area contributed by atoms with Crippen LogP contribution in [0.25, 0.3) is 0 Å². The maximum atomic E-state index is 12.0. The largest absolute Gasteiger partial charge is 0.339 e. The van der Waals surface area contributed by atoms with Crippen LogP contribution in [-0.2, 0) is 4.79 Å². The summed E-state index contributed by atoms with van der Waals surface area (Å²) in [5.41, 5.74) is 0. The monoisotopic (exact) mass is 269 g/mol. The average Bonchev–Trinajstić information content (AvgIpc) is 2.36. The fraction of sp³-hybridized carbons (Fsp3) is 0.933. The van der Waals surface area contributed by atoms with Crippen LogP contribution in [0.1, 0.15) is 40.0 Å². The molecule has 1 amide bonds. The Balaban J connectivity index is 2.12. The summed E-state index contributed by atoms with van der Waals surface area (Å²) in [6, 6.07) is 0.440. The number of likely N-dealkylation sites (N-methyl/N-ethyl adjacent to an activating group) is 1. The number of carbonyl (C=O) groups excluding carboxylic acids is 1. The third kappa shape index (κ3) is 6.92. The first-order valence-electron chi connectivity index (χ1n) is 7.68. The van der Waals surface area contributed by atoms with E-state index >= 15 is 0 Å². The Kier molecular flexibility index (Phi) is 7.39. The number of hydrogen-bond acceptors (Lipinski definition) is 3. The summed E-state index contributed by atoms with van der Waals surface area (Å²) in [7, 11) is 2.11. The Morgan fingerprint density at radius 2 is 1.74 bits per heavy atom. The highest BCUT2D eigenvalue weighted by Crippen LogP contribution is 2.08. The van der Waals surface area contributed by atoms with Crippen molar-refractivity contribution in [3.8, 4) is 0 Å². The molecule has 1 aliphatic heterocycles. The quantitative estimate of drug-likeness (QED) is 0.762. The van der Waals surface area contributed by atoms with E-state index in [1.807, 2.05) is 4.90 Å². The van der Waals surface area contributed by atoms with Crippen molar-refractivity contribution in [1.29, 1.82) is 0 Å². The minimum Gasteiger partial charge on any atom is -0.339 e. The summed E-state index contributed by atoms with van der Waals surface area (Å²) in [5, 5.41) is 3.36. The van der Waals surface area contributed by atoms with Gasteiger partial charge in [0, 0.05) is 32.2 Å². The first kappa shape index (κ1) is 16.4. The van der Waals surface area contributed by atoms with E-state index in [9.17, 15) is 4.79 Å². The molecule has 0 aliphatic carbocycles. The fourth-order valence-electron chi connectivity index (χ4n) is 2.36. The van der Waals surface area contributed by atoms with Crippen LogP contribution < -0.4 is 5.32 Å². The molecule has 1 saturated heterocycles. The van der Waals surface area contributed by atoms with Crippen LogP contribution in [0, 0.1) is 5.92 Å². The molecular formula is C15H31N3O. The highest BCUT2D eigenvalue weighted by molar-refractivity contribution is 5.78. The number of nitrogens with zero attached hydrogens (tertiary/aromatic N) is 2. The molecule has 1 rings (SSSR count). The van der Waals surface area contributed by atoms with Gasteiger partial charge in [-0.25, -0.2) is 0 Å². The van der Waals surface area contributed by atoms with Gasteiger partial charge >= 0.3 is 0 Å². The number of amides is 1. The van der Waals surface area contributed by atoms with Gasteiger partial charge in [0.05, 0.1) is 6.54 Å². The second-order valence-corrected chi connectivity index (χ2v) is 6.29. The maximum Gasteiger partial charge on any atom is 0.236 e. The van der Waals surface area contributed by atoms with Crippen LogP contribution >= 0.6 is 0 Å². The summed E-state index contributed by atoms with van der Waals surface area (Å²) in [6.07, 6.45) is 3.68. The summed E-state index contributed by atoms with van der Waals surface area (Å²) < 4.78 is 0. The minimum absolute atomic E-state index is 0.254. The smallest absolute Gasteiger partial charge is 0.236 e. The zero-order chi connectivity index (χ0) is 14.3. The van der Waals surface area contributed by atoms with Gasteiger partial charge in [0.25, 0.3) is 0 Å². The van der Waals surface area contributed by atoms with E-state index in [4.69, 9.17) is 0 Å². The summed E-state index contributed by atoms with van der Waals surface area (Å²) in [5.74, 6) is 1.03. The van der Waals surface area contributed by atoms with E-state index in [2.05, 4.69) is 38.0 Å². The van der Waals surface area contributed by atoms with Gasteiger partial charge in [-0.3, -0.25) is 4.79 Å². The highest BCUT2D eigenvalue weighted by atomic mass is 16.2. The van der Waals surface area contributed by atoms with Crippen LogP contribution in [0.4, 0.5) is 0 Å². The lowest BCUT2D eigenvalue weighted by Gasteiger charge is -2.32. The SMILES string of the molecule is CC(C)CCCC(C)NCC(=O)N1CCN(C)CC1. The van der Waals surface area contributed by atoms with E-state index in [0.29, 0.717) is 12.6 Å². The molecule has 0 radical (unpaired) electrons. The molecule has 0 spiro atoms. The zero-order valence-electron chi connectivity index (χ0n) is 13.1. The van der Waals surface area contributed by atoms with E-state index < -0.39 is 0 Å². The molecule has 1 fully saturated rings. The minimum atomic E-state index is 0.254. The van der Waals surface area contributed by atoms with Gasteiger partial charge in [-0.05, 0) is 26.3 Å². The Bertz CT molecular complexity index is 260. The van der Waals surface area contributed by atoms with Gasteiger partial charge in [0.15, 0.2) is 0 Å². The third-order valence-electron chi connectivity index (χ3n) is 3.88. The lowest BCUT2D eigenvalue weighted by molar-refractivity contribution is -0.131. The number of rotatable bonds is 7. The molecule has 1 heterocycles. The molecule has 1 unspecified atom stereocenters. The van der Waals surface area contributed by atoms with Crippen molar-refractivity contribution >= 4 is 5.91 Å². The first-order chi connectivity index (χ1) is 8.99. The molecule has 1 atom stereocenters. The molecule has 0 saturated carbocycles. The van der Waals surface area contributed by atoms with Crippen LogP contribution in [0.2, 0.25) is 0 Å². The van der Waals surface area contributed by atoms with Crippen molar-refractivity contribution in [3.05, 3.63) is 0 Å². The molecule has 1 aliphatic rings. The Morgan fingerprint density at radius 3 is 2.32 bits per heavy atom. The summed E-state index contributed by atoms with van der Waals surface area (Å²) in [4.78, 5) is 16.3. The van der Waals surface area contributed by atoms with E-state index in [-0.39, 0.29) is 5.91 Å². The first-order valence-corrected chi connectivity index (χ1v) is 7.68. The topological polar surface area (TPSA) is 35.6 Å². The van der Waals surface area contributed by atoms with Gasteiger partial charge in [0.2, 0.25) is 5.91 Å². The van der Waals surface area contributed by atoms with Crippen molar-refractivity contribution in [1.82, 2.24) is 15.1 Å². The molecule has 19 heavy (non-hydrogen) atoms. The van der Waals surface area contributed by atoms with Crippen LogP contribution in [0.15, 0.2) is 0 Å². The van der Waals surface area contributed by atoms with Gasteiger partial charge in [0.1, 0.15) is 0 Å². The second kappa shape index (κ2) is 8.54. The van der Waals surface area contributed by atoms with Gasteiger partial charge in [-0.1, -0.05) is 26.7 Å². The average molecular weight is 269 g/mol. The molecule has 0 bridgehead atoms. The lowest BCUT2D eigenvalue weighted by Crippen LogP contribution is -2.50. The number of piperazine rings is 1. The normalized spacial score (nSPS) is 18.9. The van der Waals surface area contributed by atoms with Crippen molar-refractivity contribution in [2.45, 2.75) is 46.1 Å². The molecule has 4 nitrogen and oxygen atoms in total. The zero-order valence-corrected chi connectivity index (χ0v) is 13.1. The van der Waals surface area contributed by atoms with Crippen molar-refractivity contribution in [2.24, 2.45) is 5.92 Å². The van der Waals surface area contributed by atoms with Gasteiger partial charge in [-0.2, -0.15) is 0 Å². The molecular weight excluding hydrogens is 238 g/mol. The molecule has 1 N–H and O–H groups in total. The van der Waals surface area contributed by atoms with Gasteiger partial charge < -0.3 is 15.1 Å². The van der Waals surface area contributed by atoms with Crippen molar-refractivity contribution in [3.63, 3.8) is 0 Å². The number of carbonyl (C=O) groups is 1. The predicted octanol–water partition coefficient (Wildman–Crippen LogP) is 1.56. The fourth-order valence-corrected chi connectivity index (χ4v) is 2.36. The Morgan fingerprint density at radius 1 is 1.11 bits per heavy atom. The van der Waals surface area contributed by atoms with Crippen LogP contribution in [0.5, 0.6) is 0 Å². The molecule has 112 valence electrons. The van der Waals surface area contributed by atoms with E-state index in [1.54, 1.807) is 0 Å². The second-order valence-electron chi connectivity index (χ2n) is 6.29. The van der Waals surface area contributed by atoms with Crippen LogP contribution in [0.3, 0.4) is 0 Å². The number of hydrogen-bond donors (Lipinski definition) is 1. The highest BCUT2D eigenvalue weighted by Gasteiger charge is 2.18. The summed E-state index contributed by atoms with van der Waals surface area (Å²) in [6.45, 7) is 10.9. The maximum absolute atomic E-state index is 12.0. The third-order valence-corrected chi connectivity index (χ3v) is 3.88. The van der Waals surface area contributed by atoms with Gasteiger partial charge in [-0.15, -0.1) is 0 Å².